The fourth-order valence-electron chi connectivity index (χ4n) is 5.36. The maximum atomic E-state index is 12.5. The summed E-state index contributed by atoms with van der Waals surface area (Å²) in [5, 5.41) is 5.81. The van der Waals surface area contributed by atoms with Crippen molar-refractivity contribution in [2.24, 2.45) is 0 Å². The second kappa shape index (κ2) is 9.93. The number of benzene rings is 1. The van der Waals surface area contributed by atoms with Gasteiger partial charge in [-0.2, -0.15) is 5.10 Å². The van der Waals surface area contributed by atoms with Crippen LogP contribution >= 0.6 is 0 Å². The summed E-state index contributed by atoms with van der Waals surface area (Å²) < 4.78 is 13.2. The normalized spacial score (nSPS) is 19.5. The van der Waals surface area contributed by atoms with Crippen molar-refractivity contribution in [3.63, 3.8) is 0 Å². The maximum absolute atomic E-state index is 12.5. The lowest BCUT2D eigenvalue weighted by molar-refractivity contribution is 0.0204. The van der Waals surface area contributed by atoms with E-state index in [1.165, 1.54) is 11.1 Å². The molecule has 2 aliphatic heterocycles. The molecule has 1 amide bonds. The van der Waals surface area contributed by atoms with Gasteiger partial charge >= 0.3 is 6.09 Å². The van der Waals surface area contributed by atoms with Crippen molar-refractivity contribution in [3.05, 3.63) is 41.3 Å². The zero-order valence-corrected chi connectivity index (χ0v) is 22.8. The molecule has 0 spiro atoms. The highest BCUT2D eigenvalue weighted by Gasteiger charge is 2.28. The first kappa shape index (κ1) is 25.4. The number of fused-ring (bicyclic) bond motifs is 1. The molecule has 0 unspecified atom stereocenters. The smallest absolute Gasteiger partial charge is 0.410 e. The summed E-state index contributed by atoms with van der Waals surface area (Å²) in [5.74, 6) is 2.77. The second-order valence-electron chi connectivity index (χ2n) is 11.3. The van der Waals surface area contributed by atoms with Crippen molar-refractivity contribution in [2.75, 3.05) is 37.7 Å². The van der Waals surface area contributed by atoms with Gasteiger partial charge in [-0.3, -0.25) is 0 Å². The van der Waals surface area contributed by atoms with Gasteiger partial charge in [-0.1, -0.05) is 0 Å². The Morgan fingerprint density at radius 3 is 2.49 bits per heavy atom. The number of piperidine rings is 1. The fraction of sp³-hybridized carbons (Fsp3) is 0.571. The van der Waals surface area contributed by atoms with E-state index >= 15 is 0 Å². The molecule has 3 aromatic rings. The lowest BCUT2D eigenvalue weighted by atomic mass is 9.86. The van der Waals surface area contributed by atoms with Crippen LogP contribution in [0, 0.1) is 13.8 Å². The number of hydrogen-bond acceptors (Lipinski definition) is 7. The third-order valence-corrected chi connectivity index (χ3v) is 7.14. The summed E-state index contributed by atoms with van der Waals surface area (Å²) in [6.07, 6.45) is 3.67. The number of rotatable bonds is 3. The zero-order valence-electron chi connectivity index (χ0n) is 22.8. The number of ether oxygens (including phenoxy) is 2. The Balaban J connectivity index is 1.40. The molecule has 2 saturated heterocycles. The number of morpholine rings is 1. The molecule has 0 aliphatic carbocycles. The predicted octanol–water partition coefficient (Wildman–Crippen LogP) is 4.77. The first-order valence-corrected chi connectivity index (χ1v) is 13.3. The highest BCUT2D eigenvalue weighted by atomic mass is 16.6. The molecule has 9 heteroatoms. The van der Waals surface area contributed by atoms with Crippen LogP contribution in [0.1, 0.15) is 63.4 Å². The van der Waals surface area contributed by atoms with Crippen LogP contribution in [0.5, 0.6) is 0 Å². The summed E-state index contributed by atoms with van der Waals surface area (Å²) >= 11 is 0. The quantitative estimate of drug-likeness (QED) is 0.506. The van der Waals surface area contributed by atoms with E-state index in [4.69, 9.17) is 24.5 Å². The molecule has 1 aromatic carbocycles. The minimum Gasteiger partial charge on any atom is -0.444 e. The van der Waals surface area contributed by atoms with E-state index in [1.54, 1.807) is 0 Å². The number of carbonyl (C=O) groups excluding carboxylic acids is 1. The number of nitrogens with zero attached hydrogens (tertiary/aromatic N) is 6. The number of aryl methyl sites for hydroxylation is 2. The fourth-order valence-corrected chi connectivity index (χ4v) is 5.36. The molecule has 0 bridgehead atoms. The lowest BCUT2D eigenvalue weighted by Gasteiger charge is -2.34. The van der Waals surface area contributed by atoms with Crippen LogP contribution in [0.15, 0.2) is 24.4 Å². The van der Waals surface area contributed by atoms with Crippen LogP contribution in [-0.4, -0.2) is 75.2 Å². The minimum atomic E-state index is -0.479. The Morgan fingerprint density at radius 2 is 1.78 bits per heavy atom. The lowest BCUT2D eigenvalue weighted by Crippen LogP contribution is -2.41. The van der Waals surface area contributed by atoms with Gasteiger partial charge < -0.3 is 19.3 Å². The molecule has 5 rings (SSSR count). The van der Waals surface area contributed by atoms with E-state index < -0.39 is 5.60 Å². The summed E-state index contributed by atoms with van der Waals surface area (Å²) in [5.41, 5.74) is 3.12. The molecule has 0 radical (unpaired) electrons. The van der Waals surface area contributed by atoms with Crippen LogP contribution in [0.25, 0.3) is 16.7 Å². The first-order valence-electron chi connectivity index (χ1n) is 13.3. The van der Waals surface area contributed by atoms with E-state index in [0.29, 0.717) is 25.6 Å². The van der Waals surface area contributed by atoms with Gasteiger partial charge in [-0.15, -0.1) is 0 Å². The van der Waals surface area contributed by atoms with Gasteiger partial charge in [-0.25, -0.2) is 19.4 Å². The summed E-state index contributed by atoms with van der Waals surface area (Å²) in [4.78, 5) is 26.1. The Morgan fingerprint density at radius 1 is 1.05 bits per heavy atom. The molecule has 37 heavy (non-hydrogen) atoms. The zero-order chi connectivity index (χ0) is 26.3. The molecule has 198 valence electrons. The Kier molecular flexibility index (Phi) is 6.83. The van der Waals surface area contributed by atoms with Gasteiger partial charge in [0.15, 0.2) is 5.82 Å². The van der Waals surface area contributed by atoms with Crippen LogP contribution in [0.2, 0.25) is 0 Å². The van der Waals surface area contributed by atoms with Crippen molar-refractivity contribution in [1.82, 2.24) is 24.6 Å². The molecule has 2 aromatic heterocycles. The van der Waals surface area contributed by atoms with Gasteiger partial charge in [-0.05, 0) is 83.6 Å². The van der Waals surface area contributed by atoms with E-state index in [1.807, 2.05) is 49.5 Å². The molecule has 2 fully saturated rings. The second-order valence-corrected chi connectivity index (χ2v) is 11.3. The highest BCUT2D eigenvalue weighted by molar-refractivity contribution is 5.82. The number of carbonyl (C=O) groups is 1. The number of amides is 1. The third kappa shape index (κ3) is 5.56. The van der Waals surface area contributed by atoms with Gasteiger partial charge in [0.1, 0.15) is 17.2 Å². The molecule has 0 saturated carbocycles. The molecule has 4 heterocycles. The average molecular weight is 507 g/mol. The number of likely N-dealkylation sites (tertiary alicyclic amines) is 1. The third-order valence-electron chi connectivity index (χ3n) is 7.14. The maximum Gasteiger partial charge on any atom is 0.410 e. The standard InChI is InChI=1S/C28H38N6O3/c1-18-13-22-16-29-34(26-15-25(30-20(3)31-26)33-11-12-36-19(2)17-33)24(22)14-23(18)21-7-9-32(10-8-21)27(35)37-28(4,5)6/h13-16,19,21H,7-12,17H2,1-6H3/t19-/m1/s1. The van der Waals surface area contributed by atoms with Crippen LogP contribution in [0.4, 0.5) is 10.6 Å². The molecule has 2 aliphatic rings. The predicted molar refractivity (Wildman–Crippen MR) is 144 cm³/mol. The van der Waals surface area contributed by atoms with Crippen molar-refractivity contribution in [2.45, 2.75) is 72.0 Å². The highest BCUT2D eigenvalue weighted by Crippen LogP contribution is 2.34. The number of aromatic nitrogens is 4. The summed E-state index contributed by atoms with van der Waals surface area (Å²) in [6, 6.07) is 6.50. The Labute approximate surface area is 218 Å². The van der Waals surface area contributed by atoms with E-state index in [0.717, 1.165) is 54.3 Å². The van der Waals surface area contributed by atoms with E-state index in [9.17, 15) is 4.79 Å². The van der Waals surface area contributed by atoms with Gasteiger partial charge in [0.25, 0.3) is 0 Å². The van der Waals surface area contributed by atoms with Crippen molar-refractivity contribution in [1.29, 1.82) is 0 Å². The summed E-state index contributed by atoms with van der Waals surface area (Å²) in [6.45, 7) is 15.6. The number of anilines is 1. The Bertz CT molecular complexity index is 1290. The van der Waals surface area contributed by atoms with E-state index in [2.05, 4.69) is 30.9 Å². The van der Waals surface area contributed by atoms with Gasteiger partial charge in [0.05, 0.1) is 24.4 Å². The molecule has 1 atom stereocenters. The molecule has 0 N–H and O–H groups in total. The largest absolute Gasteiger partial charge is 0.444 e. The van der Waals surface area contributed by atoms with Crippen LogP contribution in [-0.2, 0) is 9.47 Å². The van der Waals surface area contributed by atoms with Gasteiger partial charge in [0, 0.05) is 37.6 Å². The molecular formula is C28H38N6O3. The van der Waals surface area contributed by atoms with Gasteiger partial charge in [0.2, 0.25) is 0 Å². The van der Waals surface area contributed by atoms with Crippen LogP contribution in [0.3, 0.4) is 0 Å². The van der Waals surface area contributed by atoms with Crippen molar-refractivity contribution in [3.8, 4) is 5.82 Å². The molecule has 9 nitrogen and oxygen atoms in total. The Hall–Kier alpha value is -3.20. The average Bonchev–Trinajstić information content (AvgIpc) is 3.25. The summed E-state index contributed by atoms with van der Waals surface area (Å²) in [7, 11) is 0. The SMILES string of the molecule is Cc1nc(N2CCO[C@H](C)C2)cc(-n2ncc3cc(C)c(C4CCN(C(=O)OC(C)(C)C)CC4)cc32)n1. The first-order chi connectivity index (χ1) is 17.6. The van der Waals surface area contributed by atoms with Crippen LogP contribution < -0.4 is 4.90 Å². The minimum absolute atomic E-state index is 0.172. The molecular weight excluding hydrogens is 468 g/mol. The topological polar surface area (TPSA) is 85.6 Å². The monoisotopic (exact) mass is 506 g/mol. The number of hydrogen-bond donors (Lipinski definition) is 0. The van der Waals surface area contributed by atoms with Crippen molar-refractivity contribution < 1.29 is 14.3 Å². The van der Waals surface area contributed by atoms with Crippen molar-refractivity contribution >= 4 is 22.8 Å². The van der Waals surface area contributed by atoms with E-state index in [-0.39, 0.29) is 12.2 Å².